The summed E-state index contributed by atoms with van der Waals surface area (Å²) in [6, 6.07) is 1.25. The molecule has 0 aromatic carbocycles. The van der Waals surface area contributed by atoms with Crippen molar-refractivity contribution in [3.8, 4) is 11.5 Å². The highest BCUT2D eigenvalue weighted by Gasteiger charge is 1.95. The van der Waals surface area contributed by atoms with Crippen LogP contribution in [0.5, 0.6) is 11.5 Å². The average Bonchev–Trinajstić information content (AvgIpc) is 1.80. The number of nitrogens with zero attached hydrogens (tertiary/aromatic N) is 1. The van der Waals surface area contributed by atoms with Gasteiger partial charge in [-0.05, 0) is 6.92 Å². The zero-order chi connectivity index (χ0) is 6.85. The standard InChI is InChI=1S/C6H7NO2.ClH/c1-4-6(9)2-5(8)3-7-4;/h2-3,8-9H,1H3;1H. The molecule has 0 unspecified atom stereocenters. The highest BCUT2D eigenvalue weighted by molar-refractivity contribution is 5.85. The van der Waals surface area contributed by atoms with Gasteiger partial charge in [0.1, 0.15) is 11.5 Å². The second-order valence-electron chi connectivity index (χ2n) is 1.80. The van der Waals surface area contributed by atoms with Gasteiger partial charge < -0.3 is 10.2 Å². The van der Waals surface area contributed by atoms with Crippen molar-refractivity contribution in [2.24, 2.45) is 0 Å². The second-order valence-corrected chi connectivity index (χ2v) is 1.80. The Balaban J connectivity index is 0.000000810. The maximum Gasteiger partial charge on any atom is 0.140 e. The van der Waals surface area contributed by atoms with Gasteiger partial charge in [-0.1, -0.05) is 0 Å². The number of aryl methyl sites for hydroxylation is 1. The van der Waals surface area contributed by atoms with E-state index in [0.717, 1.165) is 0 Å². The molecular weight excluding hydrogens is 154 g/mol. The van der Waals surface area contributed by atoms with Gasteiger partial charge in [0.25, 0.3) is 0 Å². The molecule has 1 heterocycles. The third-order valence-electron chi connectivity index (χ3n) is 1.05. The van der Waals surface area contributed by atoms with Crippen LogP contribution in [0.3, 0.4) is 0 Å². The quantitative estimate of drug-likeness (QED) is 0.602. The molecule has 0 aliphatic heterocycles. The van der Waals surface area contributed by atoms with E-state index in [0.29, 0.717) is 5.69 Å². The van der Waals surface area contributed by atoms with E-state index in [1.54, 1.807) is 6.92 Å². The van der Waals surface area contributed by atoms with Crippen molar-refractivity contribution in [2.45, 2.75) is 6.92 Å². The fourth-order valence-corrected chi connectivity index (χ4v) is 0.511. The molecule has 3 nitrogen and oxygen atoms in total. The minimum Gasteiger partial charge on any atom is -0.506 e. The van der Waals surface area contributed by atoms with Crippen molar-refractivity contribution >= 4 is 12.4 Å². The maximum absolute atomic E-state index is 8.88. The number of aromatic nitrogens is 1. The molecule has 56 valence electrons. The number of hydrogen-bond donors (Lipinski definition) is 2. The molecule has 0 atom stereocenters. The Morgan fingerprint density at radius 2 is 2.00 bits per heavy atom. The largest absolute Gasteiger partial charge is 0.506 e. The molecule has 2 N–H and O–H groups in total. The van der Waals surface area contributed by atoms with E-state index in [1.807, 2.05) is 0 Å². The van der Waals surface area contributed by atoms with Crippen LogP contribution >= 0.6 is 12.4 Å². The van der Waals surface area contributed by atoms with Crippen LogP contribution in [0.4, 0.5) is 0 Å². The van der Waals surface area contributed by atoms with E-state index in [1.165, 1.54) is 12.3 Å². The van der Waals surface area contributed by atoms with Crippen molar-refractivity contribution in [1.82, 2.24) is 4.98 Å². The first-order valence-corrected chi connectivity index (χ1v) is 2.55. The Hall–Kier alpha value is -0.960. The van der Waals surface area contributed by atoms with Crippen molar-refractivity contribution in [3.05, 3.63) is 18.0 Å². The van der Waals surface area contributed by atoms with Gasteiger partial charge in [0, 0.05) is 6.07 Å². The average molecular weight is 162 g/mol. The summed E-state index contributed by atoms with van der Waals surface area (Å²) in [5, 5.41) is 17.6. The number of hydrogen-bond acceptors (Lipinski definition) is 3. The second kappa shape index (κ2) is 3.27. The molecule has 0 amide bonds. The third kappa shape index (κ3) is 1.77. The molecule has 0 saturated carbocycles. The van der Waals surface area contributed by atoms with Crippen molar-refractivity contribution < 1.29 is 10.2 Å². The van der Waals surface area contributed by atoms with Crippen LogP contribution in [0.15, 0.2) is 12.3 Å². The predicted octanol–water partition coefficient (Wildman–Crippen LogP) is 1.22. The summed E-state index contributed by atoms with van der Waals surface area (Å²) < 4.78 is 0. The predicted molar refractivity (Wildman–Crippen MR) is 39.6 cm³/mol. The van der Waals surface area contributed by atoms with Gasteiger partial charge in [-0.2, -0.15) is 0 Å². The van der Waals surface area contributed by atoms with Gasteiger partial charge in [-0.15, -0.1) is 12.4 Å². The summed E-state index contributed by atoms with van der Waals surface area (Å²) >= 11 is 0. The first kappa shape index (κ1) is 9.04. The lowest BCUT2D eigenvalue weighted by molar-refractivity contribution is 0.442. The molecule has 0 aliphatic rings. The highest BCUT2D eigenvalue weighted by atomic mass is 35.5. The molecule has 0 aliphatic carbocycles. The van der Waals surface area contributed by atoms with Crippen LogP contribution in [-0.4, -0.2) is 15.2 Å². The molecule has 0 radical (unpaired) electrons. The lowest BCUT2D eigenvalue weighted by Crippen LogP contribution is -1.78. The van der Waals surface area contributed by atoms with Crippen LogP contribution in [0.1, 0.15) is 5.69 Å². The molecule has 4 heteroatoms. The summed E-state index contributed by atoms with van der Waals surface area (Å²) in [5.41, 5.74) is 0.521. The van der Waals surface area contributed by atoms with Gasteiger partial charge >= 0.3 is 0 Å². The Morgan fingerprint density at radius 3 is 2.40 bits per heavy atom. The molecule has 0 saturated heterocycles. The molecular formula is C6H8ClNO2. The monoisotopic (exact) mass is 161 g/mol. The summed E-state index contributed by atoms with van der Waals surface area (Å²) in [6.07, 6.45) is 1.29. The maximum atomic E-state index is 8.88. The molecule has 0 spiro atoms. The highest BCUT2D eigenvalue weighted by Crippen LogP contribution is 2.17. The lowest BCUT2D eigenvalue weighted by Gasteiger charge is -1.95. The lowest BCUT2D eigenvalue weighted by atomic mass is 10.3. The molecule has 1 aromatic heterocycles. The fourth-order valence-electron chi connectivity index (χ4n) is 0.511. The molecule has 1 aromatic rings. The summed E-state index contributed by atoms with van der Waals surface area (Å²) in [6.45, 7) is 1.66. The minimum absolute atomic E-state index is 0. The number of rotatable bonds is 0. The Morgan fingerprint density at radius 1 is 1.40 bits per heavy atom. The van der Waals surface area contributed by atoms with Crippen LogP contribution in [-0.2, 0) is 0 Å². The molecule has 0 fully saturated rings. The van der Waals surface area contributed by atoms with Gasteiger partial charge in [-0.3, -0.25) is 4.98 Å². The minimum atomic E-state index is -0.0156. The van der Waals surface area contributed by atoms with E-state index in [9.17, 15) is 0 Å². The Bertz CT molecular complexity index is 227. The normalized spacial score (nSPS) is 8.50. The van der Waals surface area contributed by atoms with Gasteiger partial charge in [0.2, 0.25) is 0 Å². The van der Waals surface area contributed by atoms with Crippen LogP contribution in [0.2, 0.25) is 0 Å². The van der Waals surface area contributed by atoms with E-state index in [4.69, 9.17) is 10.2 Å². The van der Waals surface area contributed by atoms with Crippen molar-refractivity contribution in [2.75, 3.05) is 0 Å². The van der Waals surface area contributed by atoms with Crippen molar-refractivity contribution in [1.29, 1.82) is 0 Å². The smallest absolute Gasteiger partial charge is 0.140 e. The van der Waals surface area contributed by atoms with E-state index in [2.05, 4.69) is 4.98 Å². The van der Waals surface area contributed by atoms with Gasteiger partial charge in [0.15, 0.2) is 0 Å². The zero-order valence-electron chi connectivity index (χ0n) is 5.40. The zero-order valence-corrected chi connectivity index (χ0v) is 6.22. The van der Waals surface area contributed by atoms with Crippen LogP contribution in [0, 0.1) is 6.92 Å². The first-order valence-electron chi connectivity index (χ1n) is 2.55. The fraction of sp³-hybridized carbons (Fsp3) is 0.167. The van der Waals surface area contributed by atoms with Crippen molar-refractivity contribution in [3.63, 3.8) is 0 Å². The molecule has 10 heavy (non-hydrogen) atoms. The number of aromatic hydroxyl groups is 2. The van der Waals surface area contributed by atoms with E-state index >= 15 is 0 Å². The van der Waals surface area contributed by atoms with Gasteiger partial charge in [-0.25, -0.2) is 0 Å². The molecule has 0 bridgehead atoms. The Kier molecular flexibility index (Phi) is 2.96. The Labute approximate surface area is 64.8 Å². The summed E-state index contributed by atoms with van der Waals surface area (Å²) in [4.78, 5) is 3.68. The van der Waals surface area contributed by atoms with Crippen LogP contribution in [0.25, 0.3) is 0 Å². The molecule has 1 rings (SSSR count). The first-order chi connectivity index (χ1) is 4.20. The summed E-state index contributed by atoms with van der Waals surface area (Å²) in [7, 11) is 0. The van der Waals surface area contributed by atoms with Gasteiger partial charge in [0.05, 0.1) is 11.9 Å². The topological polar surface area (TPSA) is 53.4 Å². The SMILES string of the molecule is Cc1ncc(O)cc1O.Cl. The van der Waals surface area contributed by atoms with E-state index in [-0.39, 0.29) is 23.9 Å². The van der Waals surface area contributed by atoms with E-state index < -0.39 is 0 Å². The third-order valence-corrected chi connectivity index (χ3v) is 1.05. The number of halogens is 1. The number of pyridine rings is 1. The van der Waals surface area contributed by atoms with Crippen LogP contribution < -0.4 is 0 Å². The summed E-state index contributed by atoms with van der Waals surface area (Å²) in [5.74, 6) is 0.00750.